The summed E-state index contributed by atoms with van der Waals surface area (Å²) in [6, 6.07) is 1.83. The largest absolute Gasteiger partial charge is 0.350 e. The van der Waals surface area contributed by atoms with Gasteiger partial charge >= 0.3 is 0 Å². The van der Waals surface area contributed by atoms with Crippen molar-refractivity contribution in [2.45, 2.75) is 13.8 Å². The fourth-order valence-electron chi connectivity index (χ4n) is 3.25. The minimum Gasteiger partial charge on any atom is -0.350 e. The van der Waals surface area contributed by atoms with E-state index < -0.39 is 0 Å². The lowest BCUT2D eigenvalue weighted by Crippen LogP contribution is -2.49. The lowest BCUT2D eigenvalue weighted by Gasteiger charge is -2.35. The highest BCUT2D eigenvalue weighted by Crippen LogP contribution is 2.20. The zero-order valence-electron chi connectivity index (χ0n) is 14.5. The second-order valence-corrected chi connectivity index (χ2v) is 6.27. The van der Waals surface area contributed by atoms with Crippen molar-refractivity contribution in [1.82, 2.24) is 34.3 Å². The second kappa shape index (κ2) is 5.83. The molecule has 0 aromatic carbocycles. The fraction of sp³-hybridized carbons (Fsp3) is 0.438. The lowest BCUT2D eigenvalue weighted by molar-refractivity contribution is 0.0735. The highest BCUT2D eigenvalue weighted by atomic mass is 16.2. The Morgan fingerprint density at radius 2 is 1.88 bits per heavy atom. The molecule has 0 bridgehead atoms. The average Bonchev–Trinajstić information content (AvgIpc) is 3.16. The number of aryl methyl sites for hydroxylation is 3. The van der Waals surface area contributed by atoms with Crippen LogP contribution in [0.5, 0.6) is 0 Å². The molecule has 9 nitrogen and oxygen atoms in total. The number of aromatic nitrogens is 6. The van der Waals surface area contributed by atoms with Crippen LogP contribution in [-0.2, 0) is 7.05 Å². The van der Waals surface area contributed by atoms with Crippen LogP contribution >= 0.6 is 0 Å². The van der Waals surface area contributed by atoms with Crippen LogP contribution in [0.15, 0.2) is 18.5 Å². The monoisotopic (exact) mass is 340 g/mol. The van der Waals surface area contributed by atoms with Gasteiger partial charge in [-0.05, 0) is 19.9 Å². The van der Waals surface area contributed by atoms with E-state index in [0.29, 0.717) is 31.9 Å². The Labute approximate surface area is 144 Å². The number of piperazine rings is 1. The second-order valence-electron chi connectivity index (χ2n) is 6.27. The normalized spacial score (nSPS) is 15.2. The van der Waals surface area contributed by atoms with Crippen LogP contribution in [0.3, 0.4) is 0 Å². The molecule has 4 rings (SSSR count). The topological polar surface area (TPSA) is 84.5 Å². The molecule has 3 aromatic heterocycles. The average molecular weight is 340 g/mol. The molecule has 3 aromatic rings. The summed E-state index contributed by atoms with van der Waals surface area (Å²) >= 11 is 0. The number of fused-ring (bicyclic) bond motifs is 1. The third-order valence-electron chi connectivity index (χ3n) is 4.57. The molecule has 9 heteroatoms. The molecule has 0 unspecified atom stereocenters. The van der Waals surface area contributed by atoms with Crippen LogP contribution in [0.1, 0.15) is 22.0 Å². The Kier molecular flexibility index (Phi) is 3.63. The van der Waals surface area contributed by atoms with Crippen molar-refractivity contribution in [3.05, 3.63) is 35.7 Å². The standard InChI is InChI=1S/C16H20N8O/c1-11-10-13(21(3)20-11)16(25)23-8-6-22(7-9-23)14-15-19-18-12(2)24(15)5-4-17-14/h4-5,10H,6-9H2,1-3H3. The molecule has 0 atom stereocenters. The highest BCUT2D eigenvalue weighted by Gasteiger charge is 2.26. The van der Waals surface area contributed by atoms with Crippen molar-refractivity contribution in [2.24, 2.45) is 7.05 Å². The molecule has 1 aliphatic heterocycles. The minimum atomic E-state index is 0.0206. The Morgan fingerprint density at radius 3 is 2.56 bits per heavy atom. The van der Waals surface area contributed by atoms with E-state index in [1.165, 1.54) is 0 Å². The molecule has 1 amide bonds. The molecule has 0 radical (unpaired) electrons. The summed E-state index contributed by atoms with van der Waals surface area (Å²) in [5.74, 6) is 1.66. The molecule has 1 fully saturated rings. The van der Waals surface area contributed by atoms with E-state index in [4.69, 9.17) is 0 Å². The van der Waals surface area contributed by atoms with Gasteiger partial charge in [0.2, 0.25) is 5.65 Å². The molecule has 25 heavy (non-hydrogen) atoms. The zero-order valence-corrected chi connectivity index (χ0v) is 14.5. The van der Waals surface area contributed by atoms with Gasteiger partial charge in [-0.1, -0.05) is 0 Å². The summed E-state index contributed by atoms with van der Waals surface area (Å²) in [5.41, 5.74) is 2.23. The molecule has 0 aliphatic carbocycles. The third-order valence-corrected chi connectivity index (χ3v) is 4.57. The summed E-state index contributed by atoms with van der Waals surface area (Å²) in [4.78, 5) is 21.2. The summed E-state index contributed by atoms with van der Waals surface area (Å²) < 4.78 is 3.57. The smallest absolute Gasteiger partial charge is 0.272 e. The van der Waals surface area contributed by atoms with Crippen LogP contribution < -0.4 is 4.90 Å². The minimum absolute atomic E-state index is 0.0206. The molecule has 130 valence electrons. The molecule has 1 saturated heterocycles. The van der Waals surface area contributed by atoms with Gasteiger partial charge in [-0.25, -0.2) is 4.98 Å². The van der Waals surface area contributed by atoms with Crippen LogP contribution in [0.2, 0.25) is 0 Å². The number of nitrogens with zero attached hydrogens (tertiary/aromatic N) is 8. The zero-order chi connectivity index (χ0) is 17.6. The molecule has 4 heterocycles. The van der Waals surface area contributed by atoms with Gasteiger partial charge in [0.05, 0.1) is 5.69 Å². The first-order valence-corrected chi connectivity index (χ1v) is 8.26. The van der Waals surface area contributed by atoms with Crippen molar-refractivity contribution in [1.29, 1.82) is 0 Å². The molecule has 0 saturated carbocycles. The van der Waals surface area contributed by atoms with E-state index in [1.54, 1.807) is 17.9 Å². The van der Waals surface area contributed by atoms with Crippen LogP contribution in [0.25, 0.3) is 5.65 Å². The van der Waals surface area contributed by atoms with Crippen LogP contribution in [0.4, 0.5) is 5.82 Å². The molecular formula is C16H20N8O. The number of hydrogen-bond acceptors (Lipinski definition) is 6. The maximum atomic E-state index is 12.7. The number of amides is 1. The fourth-order valence-corrected chi connectivity index (χ4v) is 3.25. The predicted molar refractivity (Wildman–Crippen MR) is 91.6 cm³/mol. The van der Waals surface area contributed by atoms with E-state index in [9.17, 15) is 4.79 Å². The van der Waals surface area contributed by atoms with Crippen molar-refractivity contribution < 1.29 is 4.79 Å². The molecule has 0 N–H and O–H groups in total. The van der Waals surface area contributed by atoms with Crippen LogP contribution in [-0.4, -0.2) is 66.3 Å². The first-order chi connectivity index (χ1) is 12.0. The first-order valence-electron chi connectivity index (χ1n) is 8.26. The molecule has 1 aliphatic rings. The Morgan fingerprint density at radius 1 is 1.12 bits per heavy atom. The van der Waals surface area contributed by atoms with Gasteiger partial charge in [0.15, 0.2) is 5.82 Å². The number of hydrogen-bond donors (Lipinski definition) is 0. The van der Waals surface area contributed by atoms with Crippen molar-refractivity contribution in [2.75, 3.05) is 31.1 Å². The number of carbonyl (C=O) groups is 1. The maximum Gasteiger partial charge on any atom is 0.272 e. The van der Waals surface area contributed by atoms with E-state index in [1.807, 2.05) is 35.4 Å². The van der Waals surface area contributed by atoms with Crippen LogP contribution in [0, 0.1) is 13.8 Å². The Hall–Kier alpha value is -2.97. The van der Waals surface area contributed by atoms with Gasteiger partial charge in [0, 0.05) is 45.6 Å². The first kappa shape index (κ1) is 15.6. The Bertz CT molecular complexity index is 935. The highest BCUT2D eigenvalue weighted by molar-refractivity contribution is 5.93. The SMILES string of the molecule is Cc1cc(C(=O)N2CCN(c3nccn4c(C)nnc34)CC2)n(C)n1. The third kappa shape index (κ3) is 2.61. The lowest BCUT2D eigenvalue weighted by atomic mass is 10.2. The van der Waals surface area contributed by atoms with Gasteiger partial charge in [-0.15, -0.1) is 10.2 Å². The Balaban J connectivity index is 1.51. The van der Waals surface area contributed by atoms with Gasteiger partial charge in [-0.3, -0.25) is 13.9 Å². The van der Waals surface area contributed by atoms with Gasteiger partial charge in [0.1, 0.15) is 11.5 Å². The summed E-state index contributed by atoms with van der Waals surface area (Å²) in [5, 5.41) is 12.6. The van der Waals surface area contributed by atoms with E-state index in [2.05, 4.69) is 25.2 Å². The summed E-state index contributed by atoms with van der Waals surface area (Å²) in [6.07, 6.45) is 3.62. The summed E-state index contributed by atoms with van der Waals surface area (Å²) in [6.45, 7) is 6.50. The number of rotatable bonds is 2. The van der Waals surface area contributed by atoms with E-state index >= 15 is 0 Å². The van der Waals surface area contributed by atoms with Gasteiger partial charge in [-0.2, -0.15) is 5.10 Å². The van der Waals surface area contributed by atoms with Gasteiger partial charge < -0.3 is 9.80 Å². The van der Waals surface area contributed by atoms with Crippen molar-refractivity contribution >= 4 is 17.4 Å². The quantitative estimate of drug-likeness (QED) is 0.673. The molecule has 0 spiro atoms. The number of carbonyl (C=O) groups excluding carboxylic acids is 1. The van der Waals surface area contributed by atoms with E-state index in [-0.39, 0.29) is 5.91 Å². The number of anilines is 1. The van der Waals surface area contributed by atoms with Crippen molar-refractivity contribution in [3.63, 3.8) is 0 Å². The predicted octanol–water partition coefficient (Wildman–Crippen LogP) is 0.437. The van der Waals surface area contributed by atoms with Crippen molar-refractivity contribution in [3.8, 4) is 0 Å². The summed E-state index contributed by atoms with van der Waals surface area (Å²) in [7, 11) is 1.80. The van der Waals surface area contributed by atoms with E-state index in [0.717, 1.165) is 23.0 Å². The molecular weight excluding hydrogens is 320 g/mol. The maximum absolute atomic E-state index is 12.7. The van der Waals surface area contributed by atoms with Gasteiger partial charge in [0.25, 0.3) is 5.91 Å².